The van der Waals surface area contributed by atoms with Crippen LogP contribution in [0.1, 0.15) is 16.1 Å². The SMILES string of the molecule is O=C(Cc1csc(NC(=O)c2ccccc2)n1)Nc1ccc2[nH]c(=O)[nH]c2c1. The minimum absolute atomic E-state index is 0.0689. The van der Waals surface area contributed by atoms with Crippen molar-refractivity contribution >= 4 is 45.0 Å². The van der Waals surface area contributed by atoms with E-state index in [0.717, 1.165) is 0 Å². The number of hydrogen-bond acceptors (Lipinski definition) is 5. The number of rotatable bonds is 5. The van der Waals surface area contributed by atoms with Gasteiger partial charge >= 0.3 is 5.69 Å². The zero-order valence-electron chi connectivity index (χ0n) is 14.5. The molecule has 9 heteroatoms. The Morgan fingerprint density at radius 1 is 1.00 bits per heavy atom. The van der Waals surface area contributed by atoms with E-state index in [0.29, 0.717) is 33.1 Å². The zero-order valence-corrected chi connectivity index (χ0v) is 15.3. The average molecular weight is 393 g/mol. The Labute approximate surface area is 162 Å². The van der Waals surface area contributed by atoms with Gasteiger partial charge in [-0.1, -0.05) is 18.2 Å². The Morgan fingerprint density at radius 2 is 1.79 bits per heavy atom. The molecule has 0 saturated carbocycles. The summed E-state index contributed by atoms with van der Waals surface area (Å²) in [4.78, 5) is 45.3. The number of H-pyrrole nitrogens is 2. The summed E-state index contributed by atoms with van der Waals surface area (Å²) >= 11 is 1.26. The van der Waals surface area contributed by atoms with Gasteiger partial charge in [0.05, 0.1) is 23.1 Å². The molecule has 4 N–H and O–H groups in total. The van der Waals surface area contributed by atoms with Gasteiger partial charge in [-0.05, 0) is 30.3 Å². The van der Waals surface area contributed by atoms with E-state index in [4.69, 9.17) is 0 Å². The van der Waals surface area contributed by atoms with Crippen molar-refractivity contribution in [3.8, 4) is 0 Å². The van der Waals surface area contributed by atoms with Gasteiger partial charge < -0.3 is 15.3 Å². The quantitative estimate of drug-likeness (QED) is 0.417. The van der Waals surface area contributed by atoms with E-state index in [9.17, 15) is 14.4 Å². The van der Waals surface area contributed by atoms with Crippen LogP contribution in [0.3, 0.4) is 0 Å². The summed E-state index contributed by atoms with van der Waals surface area (Å²) in [5.41, 5.74) is 2.65. The summed E-state index contributed by atoms with van der Waals surface area (Å²) in [5.74, 6) is -0.497. The van der Waals surface area contributed by atoms with Crippen LogP contribution in [0.2, 0.25) is 0 Å². The van der Waals surface area contributed by atoms with Gasteiger partial charge in [0.1, 0.15) is 0 Å². The maximum absolute atomic E-state index is 12.3. The summed E-state index contributed by atoms with van der Waals surface area (Å²) in [7, 11) is 0. The van der Waals surface area contributed by atoms with E-state index in [1.54, 1.807) is 47.8 Å². The average Bonchev–Trinajstić information content (AvgIpc) is 3.27. The highest BCUT2D eigenvalue weighted by Crippen LogP contribution is 2.18. The lowest BCUT2D eigenvalue weighted by Gasteiger charge is -2.04. The van der Waals surface area contributed by atoms with Gasteiger partial charge in [-0.15, -0.1) is 11.3 Å². The number of anilines is 2. The number of thiazole rings is 1. The molecule has 0 aliphatic carbocycles. The molecule has 0 atom stereocenters. The van der Waals surface area contributed by atoms with Crippen LogP contribution in [0.5, 0.6) is 0 Å². The molecule has 0 spiro atoms. The summed E-state index contributed by atoms with van der Waals surface area (Å²) in [5, 5.41) is 7.66. The number of aromatic nitrogens is 3. The lowest BCUT2D eigenvalue weighted by molar-refractivity contribution is -0.115. The maximum Gasteiger partial charge on any atom is 0.323 e. The minimum atomic E-state index is -0.300. The van der Waals surface area contributed by atoms with Crippen LogP contribution < -0.4 is 16.3 Å². The summed E-state index contributed by atoms with van der Waals surface area (Å²) in [6, 6.07) is 13.9. The normalized spacial score (nSPS) is 10.7. The summed E-state index contributed by atoms with van der Waals surface area (Å²) < 4.78 is 0. The van der Waals surface area contributed by atoms with E-state index in [2.05, 4.69) is 25.6 Å². The Hall–Kier alpha value is -3.72. The van der Waals surface area contributed by atoms with Gasteiger partial charge in [-0.3, -0.25) is 14.9 Å². The lowest BCUT2D eigenvalue weighted by atomic mass is 10.2. The van der Waals surface area contributed by atoms with Crippen LogP contribution in [0.15, 0.2) is 58.7 Å². The molecule has 0 bridgehead atoms. The molecule has 0 aliphatic heterocycles. The van der Waals surface area contributed by atoms with Gasteiger partial charge in [0, 0.05) is 16.6 Å². The molecular formula is C19H15N5O3S. The second kappa shape index (κ2) is 7.49. The van der Waals surface area contributed by atoms with E-state index < -0.39 is 0 Å². The predicted molar refractivity (Wildman–Crippen MR) is 108 cm³/mol. The molecule has 0 saturated heterocycles. The first kappa shape index (κ1) is 17.7. The van der Waals surface area contributed by atoms with Crippen LogP contribution in [0.25, 0.3) is 11.0 Å². The van der Waals surface area contributed by atoms with E-state index in [-0.39, 0.29) is 23.9 Å². The number of benzene rings is 2. The smallest absolute Gasteiger partial charge is 0.323 e. The number of amides is 2. The van der Waals surface area contributed by atoms with Crippen molar-refractivity contribution < 1.29 is 9.59 Å². The highest BCUT2D eigenvalue weighted by atomic mass is 32.1. The third-order valence-electron chi connectivity index (χ3n) is 3.95. The molecule has 2 amide bonds. The minimum Gasteiger partial charge on any atom is -0.326 e. The van der Waals surface area contributed by atoms with E-state index in [1.807, 2.05) is 6.07 Å². The molecule has 2 heterocycles. The van der Waals surface area contributed by atoms with Crippen molar-refractivity contribution in [3.63, 3.8) is 0 Å². The predicted octanol–water partition coefficient (Wildman–Crippen LogP) is 2.75. The van der Waals surface area contributed by atoms with Crippen molar-refractivity contribution in [1.29, 1.82) is 0 Å². The fourth-order valence-corrected chi connectivity index (χ4v) is 3.39. The number of fused-ring (bicyclic) bond motifs is 1. The molecule has 8 nitrogen and oxygen atoms in total. The Bertz CT molecular complexity index is 1210. The molecule has 4 aromatic rings. The van der Waals surface area contributed by atoms with Gasteiger partial charge in [0.15, 0.2) is 5.13 Å². The molecular weight excluding hydrogens is 378 g/mol. The van der Waals surface area contributed by atoms with Gasteiger partial charge in [-0.25, -0.2) is 9.78 Å². The highest BCUT2D eigenvalue weighted by Gasteiger charge is 2.11. The largest absolute Gasteiger partial charge is 0.326 e. The van der Waals surface area contributed by atoms with Crippen molar-refractivity contribution in [2.75, 3.05) is 10.6 Å². The second-order valence-corrected chi connectivity index (χ2v) is 6.89. The molecule has 0 unspecified atom stereocenters. The number of carbonyl (C=O) groups is 2. The summed E-state index contributed by atoms with van der Waals surface area (Å²) in [6.45, 7) is 0. The van der Waals surface area contributed by atoms with Crippen LogP contribution in [0.4, 0.5) is 10.8 Å². The first-order valence-corrected chi connectivity index (χ1v) is 9.27. The van der Waals surface area contributed by atoms with Gasteiger partial charge in [-0.2, -0.15) is 0 Å². The van der Waals surface area contributed by atoms with Crippen LogP contribution in [-0.2, 0) is 11.2 Å². The van der Waals surface area contributed by atoms with Crippen molar-refractivity contribution in [1.82, 2.24) is 15.0 Å². The molecule has 2 aromatic heterocycles. The molecule has 0 radical (unpaired) electrons. The number of nitrogens with zero attached hydrogens (tertiary/aromatic N) is 1. The third-order valence-corrected chi connectivity index (χ3v) is 4.76. The van der Waals surface area contributed by atoms with Crippen LogP contribution in [0, 0.1) is 0 Å². The Kier molecular flexibility index (Phi) is 4.73. The summed E-state index contributed by atoms with van der Waals surface area (Å²) in [6.07, 6.45) is 0.0689. The zero-order chi connectivity index (χ0) is 19.5. The maximum atomic E-state index is 12.3. The molecule has 2 aromatic carbocycles. The van der Waals surface area contributed by atoms with Crippen LogP contribution in [-0.4, -0.2) is 26.8 Å². The molecule has 4 rings (SSSR count). The molecule has 140 valence electrons. The van der Waals surface area contributed by atoms with Crippen LogP contribution >= 0.6 is 11.3 Å². The second-order valence-electron chi connectivity index (χ2n) is 6.03. The van der Waals surface area contributed by atoms with E-state index in [1.165, 1.54) is 11.3 Å². The first-order valence-electron chi connectivity index (χ1n) is 8.39. The molecule has 0 aliphatic rings. The number of hydrogen-bond donors (Lipinski definition) is 4. The Balaban J connectivity index is 1.38. The van der Waals surface area contributed by atoms with E-state index >= 15 is 0 Å². The molecule has 0 fully saturated rings. The van der Waals surface area contributed by atoms with Crippen molar-refractivity contribution in [2.24, 2.45) is 0 Å². The standard InChI is InChI=1S/C19H15N5O3S/c25-16(20-12-6-7-14-15(8-12)23-18(27)22-14)9-13-10-28-19(21-13)24-17(26)11-4-2-1-3-5-11/h1-8,10H,9H2,(H,20,25)(H,21,24,26)(H2,22,23,27). The fraction of sp³-hybridized carbons (Fsp3) is 0.0526. The first-order chi connectivity index (χ1) is 13.6. The molecule has 28 heavy (non-hydrogen) atoms. The topological polar surface area (TPSA) is 120 Å². The number of carbonyl (C=O) groups excluding carboxylic acids is 2. The number of imidazole rings is 1. The van der Waals surface area contributed by atoms with Gasteiger partial charge in [0.25, 0.3) is 5.91 Å². The number of nitrogens with one attached hydrogen (secondary N) is 4. The monoisotopic (exact) mass is 393 g/mol. The third kappa shape index (κ3) is 3.99. The Morgan fingerprint density at radius 3 is 2.61 bits per heavy atom. The fourth-order valence-electron chi connectivity index (χ4n) is 2.68. The highest BCUT2D eigenvalue weighted by molar-refractivity contribution is 7.14. The van der Waals surface area contributed by atoms with Gasteiger partial charge in [0.2, 0.25) is 5.91 Å². The lowest BCUT2D eigenvalue weighted by Crippen LogP contribution is -2.15. The number of aromatic amines is 2. The van der Waals surface area contributed by atoms with Crippen molar-refractivity contribution in [3.05, 3.63) is 75.7 Å². The van der Waals surface area contributed by atoms with Crippen molar-refractivity contribution in [2.45, 2.75) is 6.42 Å².